The van der Waals surface area contributed by atoms with Gasteiger partial charge in [0.05, 0.1) is 33.0 Å². The molecule has 3 aromatic rings. The summed E-state index contributed by atoms with van der Waals surface area (Å²) in [7, 11) is 1.64. The van der Waals surface area contributed by atoms with Gasteiger partial charge in [-0.15, -0.1) is 0 Å². The molecule has 7 nitrogen and oxygen atoms in total. The zero-order valence-electron chi connectivity index (χ0n) is 17.1. The van der Waals surface area contributed by atoms with Gasteiger partial charge < -0.3 is 23.7 Å². The second-order valence-corrected chi connectivity index (χ2v) is 7.81. The highest BCUT2D eigenvalue weighted by atomic mass is 79.9. The van der Waals surface area contributed by atoms with Crippen molar-refractivity contribution in [3.63, 3.8) is 0 Å². The van der Waals surface area contributed by atoms with E-state index in [9.17, 15) is 0 Å². The van der Waals surface area contributed by atoms with Crippen LogP contribution < -0.4 is 14.2 Å². The van der Waals surface area contributed by atoms with E-state index in [1.165, 1.54) is 0 Å². The topological polar surface area (TPSA) is 71.9 Å². The van der Waals surface area contributed by atoms with Crippen LogP contribution in [0.5, 0.6) is 17.5 Å². The molecule has 0 saturated carbocycles. The van der Waals surface area contributed by atoms with Gasteiger partial charge in [-0.05, 0) is 29.8 Å². The lowest BCUT2D eigenvalue weighted by atomic mass is 10.2. The average molecular weight is 487 g/mol. The molecule has 0 amide bonds. The molecule has 1 aliphatic heterocycles. The molecular weight excluding hydrogens is 464 g/mol. The number of halogens is 1. The third kappa shape index (κ3) is 6.16. The molecule has 0 bridgehead atoms. The van der Waals surface area contributed by atoms with E-state index in [4.69, 9.17) is 23.7 Å². The van der Waals surface area contributed by atoms with Crippen molar-refractivity contribution < 1.29 is 23.7 Å². The Morgan fingerprint density at radius 3 is 2.39 bits per heavy atom. The van der Waals surface area contributed by atoms with Crippen molar-refractivity contribution in [1.82, 2.24) is 9.97 Å². The molecule has 8 heteroatoms. The SMILES string of the molecule is COc1ccc(COc2cc(OCC3COCCO3)nc(-c3ccc(Br)cc3)n2)cc1. The average Bonchev–Trinajstić information content (AvgIpc) is 2.83. The maximum Gasteiger partial charge on any atom is 0.221 e. The minimum absolute atomic E-state index is 0.122. The van der Waals surface area contributed by atoms with Gasteiger partial charge in [-0.25, -0.2) is 0 Å². The second kappa shape index (κ2) is 10.6. The molecule has 2 aromatic carbocycles. The van der Waals surface area contributed by atoms with Crippen molar-refractivity contribution in [3.8, 4) is 28.9 Å². The molecule has 1 aromatic heterocycles. The second-order valence-electron chi connectivity index (χ2n) is 6.89. The molecule has 1 fully saturated rings. The van der Waals surface area contributed by atoms with Gasteiger partial charge in [0.2, 0.25) is 11.8 Å². The molecule has 1 aliphatic rings. The van der Waals surface area contributed by atoms with E-state index >= 15 is 0 Å². The van der Waals surface area contributed by atoms with E-state index in [2.05, 4.69) is 25.9 Å². The molecule has 1 atom stereocenters. The molecule has 1 unspecified atom stereocenters. The molecular formula is C23H23BrN2O5. The number of aromatic nitrogens is 2. The normalized spacial score (nSPS) is 16.0. The first-order chi connectivity index (χ1) is 15.2. The Labute approximate surface area is 189 Å². The molecule has 1 saturated heterocycles. The minimum Gasteiger partial charge on any atom is -0.497 e. The highest BCUT2D eigenvalue weighted by Gasteiger charge is 2.16. The van der Waals surface area contributed by atoms with Crippen LogP contribution in [0.4, 0.5) is 0 Å². The Morgan fingerprint density at radius 2 is 1.71 bits per heavy atom. The van der Waals surface area contributed by atoms with Crippen LogP contribution in [0.1, 0.15) is 5.56 Å². The van der Waals surface area contributed by atoms with Crippen molar-refractivity contribution >= 4 is 15.9 Å². The fraction of sp³-hybridized carbons (Fsp3) is 0.304. The van der Waals surface area contributed by atoms with Crippen LogP contribution in [0.2, 0.25) is 0 Å². The van der Waals surface area contributed by atoms with Gasteiger partial charge in [-0.3, -0.25) is 0 Å². The van der Waals surface area contributed by atoms with Crippen molar-refractivity contribution in [3.05, 3.63) is 64.6 Å². The summed E-state index contributed by atoms with van der Waals surface area (Å²) in [5.74, 6) is 2.18. The first kappa shape index (κ1) is 21.5. The molecule has 31 heavy (non-hydrogen) atoms. The van der Waals surface area contributed by atoms with Gasteiger partial charge in [0.15, 0.2) is 5.82 Å². The predicted molar refractivity (Wildman–Crippen MR) is 119 cm³/mol. The van der Waals surface area contributed by atoms with Crippen LogP contribution in [0.3, 0.4) is 0 Å². The van der Waals surface area contributed by atoms with Crippen LogP contribution in [-0.4, -0.2) is 49.6 Å². The number of rotatable bonds is 8. The first-order valence-corrected chi connectivity index (χ1v) is 10.7. The smallest absolute Gasteiger partial charge is 0.221 e. The lowest BCUT2D eigenvalue weighted by molar-refractivity contribution is -0.102. The van der Waals surface area contributed by atoms with E-state index in [1.54, 1.807) is 13.2 Å². The zero-order chi connectivity index (χ0) is 21.5. The quantitative estimate of drug-likeness (QED) is 0.470. The summed E-state index contributed by atoms with van der Waals surface area (Å²) >= 11 is 3.45. The van der Waals surface area contributed by atoms with Crippen molar-refractivity contribution in [2.24, 2.45) is 0 Å². The molecule has 0 radical (unpaired) electrons. The number of hydrogen-bond donors (Lipinski definition) is 0. The highest BCUT2D eigenvalue weighted by Crippen LogP contribution is 2.25. The standard InChI is InChI=1S/C23H23BrN2O5/c1-27-19-8-2-16(3-9-19)13-30-21-12-22(31-15-20-14-28-10-11-29-20)26-23(25-21)17-4-6-18(24)7-5-17/h2-9,12,20H,10-11,13-15H2,1H3. The lowest BCUT2D eigenvalue weighted by Crippen LogP contribution is -2.33. The van der Waals surface area contributed by atoms with Crippen LogP contribution in [-0.2, 0) is 16.1 Å². The third-order valence-corrected chi connectivity index (χ3v) is 5.16. The lowest BCUT2D eigenvalue weighted by Gasteiger charge is -2.22. The fourth-order valence-electron chi connectivity index (χ4n) is 2.97. The maximum absolute atomic E-state index is 5.95. The van der Waals surface area contributed by atoms with Crippen LogP contribution in [0, 0.1) is 0 Å². The Kier molecular flexibility index (Phi) is 7.35. The van der Waals surface area contributed by atoms with Crippen LogP contribution in [0.25, 0.3) is 11.4 Å². The summed E-state index contributed by atoms with van der Waals surface area (Å²) < 4.78 is 29.1. The Bertz CT molecular complexity index is 976. The molecule has 4 rings (SSSR count). The Morgan fingerprint density at radius 1 is 0.968 bits per heavy atom. The molecule has 0 N–H and O–H groups in total. The van der Waals surface area contributed by atoms with Crippen molar-refractivity contribution in [2.45, 2.75) is 12.7 Å². The first-order valence-electron chi connectivity index (χ1n) is 9.92. The van der Waals surface area contributed by atoms with E-state index in [0.29, 0.717) is 50.6 Å². The third-order valence-electron chi connectivity index (χ3n) is 4.63. The van der Waals surface area contributed by atoms with Gasteiger partial charge in [-0.1, -0.05) is 40.2 Å². The van der Waals surface area contributed by atoms with E-state index in [-0.39, 0.29) is 6.10 Å². The molecule has 0 spiro atoms. The fourth-order valence-corrected chi connectivity index (χ4v) is 3.23. The number of ether oxygens (including phenoxy) is 5. The van der Waals surface area contributed by atoms with Gasteiger partial charge >= 0.3 is 0 Å². The number of hydrogen-bond acceptors (Lipinski definition) is 7. The van der Waals surface area contributed by atoms with Gasteiger partial charge in [0, 0.05) is 10.0 Å². The van der Waals surface area contributed by atoms with Gasteiger partial charge in [-0.2, -0.15) is 9.97 Å². The summed E-state index contributed by atoms with van der Waals surface area (Å²) in [6.45, 7) is 2.39. The monoisotopic (exact) mass is 486 g/mol. The summed E-state index contributed by atoms with van der Waals surface area (Å²) in [5, 5.41) is 0. The maximum atomic E-state index is 5.95. The van der Waals surface area contributed by atoms with Crippen molar-refractivity contribution in [1.29, 1.82) is 0 Å². The molecule has 162 valence electrons. The predicted octanol–water partition coefficient (Wildman–Crippen LogP) is 4.29. The van der Waals surface area contributed by atoms with Crippen molar-refractivity contribution in [2.75, 3.05) is 33.5 Å². The highest BCUT2D eigenvalue weighted by molar-refractivity contribution is 9.10. The van der Waals surface area contributed by atoms with E-state index in [1.807, 2.05) is 48.5 Å². The summed E-state index contributed by atoms with van der Waals surface area (Å²) in [4.78, 5) is 9.12. The van der Waals surface area contributed by atoms with Crippen LogP contribution in [0.15, 0.2) is 59.1 Å². The number of benzene rings is 2. The van der Waals surface area contributed by atoms with Gasteiger partial charge in [0.1, 0.15) is 25.1 Å². The summed E-state index contributed by atoms with van der Waals surface area (Å²) in [5.41, 5.74) is 1.86. The summed E-state index contributed by atoms with van der Waals surface area (Å²) in [6, 6.07) is 17.1. The van der Waals surface area contributed by atoms with Gasteiger partial charge in [0.25, 0.3) is 0 Å². The minimum atomic E-state index is -0.122. The van der Waals surface area contributed by atoms with E-state index in [0.717, 1.165) is 21.3 Å². The van der Waals surface area contributed by atoms with Crippen LogP contribution >= 0.6 is 15.9 Å². The zero-order valence-corrected chi connectivity index (χ0v) is 18.7. The van der Waals surface area contributed by atoms with E-state index < -0.39 is 0 Å². The number of nitrogens with zero attached hydrogens (tertiary/aromatic N) is 2. The number of methoxy groups -OCH3 is 1. The molecule has 0 aliphatic carbocycles. The Hall–Kier alpha value is -2.68. The Balaban J connectivity index is 1.51. The largest absolute Gasteiger partial charge is 0.497 e. The summed E-state index contributed by atoms with van der Waals surface area (Å²) in [6.07, 6.45) is -0.122. The molecule has 2 heterocycles.